The van der Waals surface area contributed by atoms with E-state index in [1.807, 2.05) is 6.92 Å². The standard InChI is InChI=1S/C24H29BrF3N3O5S2/c1-4-5-6-7-8-15-38(36,30-23(33)24(26,27)28)19-12-10-18(11-13-19)29-22(32)20-14-9-17(25)16-21(20)31(2)37(3,34)35/h9-14,16H,4-8,15H2,1-3H3,(H,29,32). The molecule has 2 aromatic rings. The number of halogens is 4. The molecule has 1 unspecified atom stereocenters. The molecule has 0 saturated heterocycles. The summed E-state index contributed by atoms with van der Waals surface area (Å²) in [6.45, 7) is 2.00. The largest absolute Gasteiger partial charge is 0.474 e. The fourth-order valence-corrected chi connectivity index (χ4v) is 6.21. The van der Waals surface area contributed by atoms with Gasteiger partial charge in [0.2, 0.25) is 10.0 Å². The Hall–Kier alpha value is -2.45. The van der Waals surface area contributed by atoms with Crippen molar-refractivity contribution in [2.75, 3.05) is 28.7 Å². The second kappa shape index (κ2) is 13.1. The lowest BCUT2D eigenvalue weighted by Gasteiger charge is -2.20. The van der Waals surface area contributed by atoms with Crippen LogP contribution in [-0.2, 0) is 24.5 Å². The molecular formula is C24H29BrF3N3O5S2. The van der Waals surface area contributed by atoms with Gasteiger partial charge in [0.25, 0.3) is 5.91 Å². The number of sulfonamides is 1. The number of hydrogen-bond acceptors (Lipinski definition) is 5. The molecule has 0 aliphatic carbocycles. The van der Waals surface area contributed by atoms with Gasteiger partial charge in [-0.05, 0) is 48.9 Å². The highest BCUT2D eigenvalue weighted by molar-refractivity contribution is 9.10. The van der Waals surface area contributed by atoms with Crippen LogP contribution in [0.1, 0.15) is 49.4 Å². The molecule has 210 valence electrons. The summed E-state index contributed by atoms with van der Waals surface area (Å²) in [6, 6.07) is 9.62. The highest BCUT2D eigenvalue weighted by atomic mass is 79.9. The predicted octanol–water partition coefficient (Wildman–Crippen LogP) is 5.98. The number of amides is 2. The highest BCUT2D eigenvalue weighted by Gasteiger charge is 2.40. The van der Waals surface area contributed by atoms with Gasteiger partial charge >= 0.3 is 12.1 Å². The first-order chi connectivity index (χ1) is 17.6. The van der Waals surface area contributed by atoms with Gasteiger partial charge in [-0.15, -0.1) is 4.36 Å². The molecule has 2 rings (SSSR count). The molecule has 14 heteroatoms. The Morgan fingerprint density at radius 2 is 1.61 bits per heavy atom. The summed E-state index contributed by atoms with van der Waals surface area (Å²) < 4.78 is 80.7. The first-order valence-corrected chi connectivity index (χ1v) is 15.9. The number of nitrogens with zero attached hydrogens (tertiary/aromatic N) is 2. The zero-order chi connectivity index (χ0) is 28.7. The van der Waals surface area contributed by atoms with Gasteiger partial charge in [0.15, 0.2) is 0 Å². The van der Waals surface area contributed by atoms with Gasteiger partial charge in [-0.25, -0.2) is 12.6 Å². The van der Waals surface area contributed by atoms with Crippen LogP contribution in [0, 0.1) is 0 Å². The molecule has 38 heavy (non-hydrogen) atoms. The first-order valence-electron chi connectivity index (χ1n) is 11.6. The van der Waals surface area contributed by atoms with Gasteiger partial charge in [-0.3, -0.25) is 13.9 Å². The SMILES string of the molecule is CCCCCCCS(=O)(=NC(=O)C(F)(F)F)c1ccc(NC(=O)c2ccc(Br)cc2N(C)S(C)(=O)=O)cc1. The van der Waals surface area contributed by atoms with Gasteiger partial charge in [-0.2, -0.15) is 13.2 Å². The van der Waals surface area contributed by atoms with E-state index in [2.05, 4.69) is 25.6 Å². The van der Waals surface area contributed by atoms with E-state index in [1.54, 1.807) is 6.07 Å². The Morgan fingerprint density at radius 3 is 2.16 bits per heavy atom. The third-order valence-corrected chi connectivity index (χ3v) is 9.52. The predicted molar refractivity (Wildman–Crippen MR) is 145 cm³/mol. The molecule has 0 aliphatic heterocycles. The highest BCUT2D eigenvalue weighted by Crippen LogP contribution is 2.28. The number of carbonyl (C=O) groups is 2. The number of unbranched alkanes of at least 4 members (excludes halogenated alkanes) is 4. The maximum atomic E-state index is 13.4. The van der Waals surface area contributed by atoms with Crippen molar-refractivity contribution < 1.29 is 35.4 Å². The maximum absolute atomic E-state index is 13.4. The fourth-order valence-electron chi connectivity index (χ4n) is 3.39. The van der Waals surface area contributed by atoms with Crippen molar-refractivity contribution in [1.29, 1.82) is 0 Å². The number of hydrogen-bond donors (Lipinski definition) is 1. The summed E-state index contributed by atoms with van der Waals surface area (Å²) in [6.07, 6.45) is -0.611. The summed E-state index contributed by atoms with van der Waals surface area (Å²) in [5.74, 6) is -3.28. The molecule has 0 saturated carbocycles. The van der Waals surface area contributed by atoms with Gasteiger partial charge in [0.05, 0.1) is 27.2 Å². The van der Waals surface area contributed by atoms with E-state index in [9.17, 15) is 35.4 Å². The average Bonchev–Trinajstić information content (AvgIpc) is 2.82. The summed E-state index contributed by atoms with van der Waals surface area (Å²) in [7, 11) is -6.09. The summed E-state index contributed by atoms with van der Waals surface area (Å²) in [4.78, 5) is 24.4. The van der Waals surface area contributed by atoms with Crippen molar-refractivity contribution in [2.24, 2.45) is 4.36 Å². The quantitative estimate of drug-likeness (QED) is 0.304. The third kappa shape index (κ3) is 8.80. The van der Waals surface area contributed by atoms with Crippen molar-refractivity contribution in [3.05, 3.63) is 52.5 Å². The van der Waals surface area contributed by atoms with Crippen molar-refractivity contribution in [1.82, 2.24) is 0 Å². The zero-order valence-electron chi connectivity index (χ0n) is 21.0. The Labute approximate surface area is 229 Å². The Balaban J connectivity index is 2.35. The minimum atomic E-state index is -5.25. The van der Waals surface area contributed by atoms with E-state index in [4.69, 9.17) is 0 Å². The van der Waals surface area contributed by atoms with Crippen LogP contribution < -0.4 is 9.62 Å². The van der Waals surface area contributed by atoms with Crippen molar-refractivity contribution in [3.63, 3.8) is 0 Å². The Bertz CT molecular complexity index is 1390. The van der Waals surface area contributed by atoms with Crippen molar-refractivity contribution in [2.45, 2.75) is 50.1 Å². The molecule has 8 nitrogen and oxygen atoms in total. The van der Waals surface area contributed by atoms with Gasteiger partial charge in [0.1, 0.15) is 0 Å². The second-order valence-electron chi connectivity index (χ2n) is 8.52. The number of rotatable bonds is 11. The Kier molecular flexibility index (Phi) is 10.9. The summed E-state index contributed by atoms with van der Waals surface area (Å²) in [5, 5.41) is 2.59. The Morgan fingerprint density at radius 1 is 1.00 bits per heavy atom. The second-order valence-corrected chi connectivity index (χ2v) is 13.8. The first kappa shape index (κ1) is 31.8. The van der Waals surface area contributed by atoms with Gasteiger partial charge < -0.3 is 5.32 Å². The average molecular weight is 641 g/mol. The molecule has 2 aromatic carbocycles. The van der Waals surface area contributed by atoms with Crippen LogP contribution in [0.4, 0.5) is 24.5 Å². The van der Waals surface area contributed by atoms with E-state index in [0.29, 0.717) is 17.3 Å². The van der Waals surface area contributed by atoms with Crippen LogP contribution in [0.25, 0.3) is 0 Å². The fraction of sp³-hybridized carbons (Fsp3) is 0.417. The van der Waals surface area contributed by atoms with E-state index < -0.39 is 37.7 Å². The van der Waals surface area contributed by atoms with Crippen LogP contribution in [0.15, 0.2) is 56.2 Å². The molecule has 0 aromatic heterocycles. The molecule has 0 bridgehead atoms. The lowest BCUT2D eigenvalue weighted by molar-refractivity contribution is -0.169. The molecule has 0 fully saturated rings. The molecule has 1 N–H and O–H groups in total. The lowest BCUT2D eigenvalue weighted by atomic mass is 10.1. The smallest absolute Gasteiger partial charge is 0.322 e. The lowest BCUT2D eigenvalue weighted by Crippen LogP contribution is -2.27. The number of nitrogens with one attached hydrogen (secondary N) is 1. The van der Waals surface area contributed by atoms with E-state index in [-0.39, 0.29) is 27.6 Å². The minimum Gasteiger partial charge on any atom is -0.322 e. The van der Waals surface area contributed by atoms with Crippen molar-refractivity contribution in [3.8, 4) is 0 Å². The van der Waals surface area contributed by atoms with E-state index in [0.717, 1.165) is 29.8 Å². The number of alkyl halides is 3. The van der Waals surface area contributed by atoms with Crippen LogP contribution in [0.5, 0.6) is 0 Å². The van der Waals surface area contributed by atoms with Crippen LogP contribution in [-0.4, -0.2) is 49.7 Å². The van der Waals surface area contributed by atoms with E-state index in [1.165, 1.54) is 43.4 Å². The molecule has 1 atom stereocenters. The molecule has 0 spiro atoms. The molecule has 2 amide bonds. The minimum absolute atomic E-state index is 0.0480. The third-order valence-electron chi connectivity index (χ3n) is 5.52. The van der Waals surface area contributed by atoms with E-state index >= 15 is 0 Å². The molecular weight excluding hydrogens is 611 g/mol. The molecule has 0 radical (unpaired) electrons. The van der Waals surface area contributed by atoms with Crippen molar-refractivity contribution >= 4 is 58.9 Å². The number of benzene rings is 2. The number of carbonyl (C=O) groups excluding carboxylic acids is 2. The summed E-state index contributed by atoms with van der Waals surface area (Å²) >= 11 is 3.25. The monoisotopic (exact) mass is 639 g/mol. The van der Waals surface area contributed by atoms with Gasteiger partial charge in [0, 0.05) is 27.9 Å². The molecule has 0 aliphatic rings. The van der Waals surface area contributed by atoms with Gasteiger partial charge in [-0.1, -0.05) is 48.5 Å². The van der Waals surface area contributed by atoms with Crippen LogP contribution >= 0.6 is 15.9 Å². The molecule has 0 heterocycles. The number of anilines is 2. The topological polar surface area (TPSA) is 113 Å². The van der Waals surface area contributed by atoms with Crippen LogP contribution in [0.2, 0.25) is 0 Å². The normalized spacial score (nSPS) is 13.4. The summed E-state index contributed by atoms with van der Waals surface area (Å²) in [5.41, 5.74) is 0.375. The zero-order valence-corrected chi connectivity index (χ0v) is 24.3. The maximum Gasteiger partial charge on any atom is 0.474 e. The van der Waals surface area contributed by atoms with Crippen LogP contribution in [0.3, 0.4) is 0 Å².